The molecule has 0 aromatic heterocycles. The summed E-state index contributed by atoms with van der Waals surface area (Å²) in [7, 11) is 0. The van der Waals surface area contributed by atoms with E-state index in [0.29, 0.717) is 0 Å². The zero-order valence-corrected chi connectivity index (χ0v) is 17.5. The van der Waals surface area contributed by atoms with E-state index < -0.39 is 84.9 Å². The Labute approximate surface area is 173 Å². The smallest absolute Gasteiger partial charge is 0.309 e. The van der Waals surface area contributed by atoms with Crippen LogP contribution in [0.3, 0.4) is 0 Å². The first-order chi connectivity index (χ1) is 13.6. The average molecular weight is 436 g/mol. The molecule has 4 atom stereocenters. The number of rotatable bonds is 13. The minimum Gasteiger partial charge on any atom is -0.481 e. The Balaban J connectivity index is 5.23. The molecule has 0 aliphatic rings. The molecule has 0 saturated heterocycles. The van der Waals surface area contributed by atoms with Crippen molar-refractivity contribution >= 4 is 23.8 Å². The van der Waals surface area contributed by atoms with E-state index in [4.69, 9.17) is 0 Å². The number of aliphatic carboxylic acids is 2. The van der Waals surface area contributed by atoms with Crippen molar-refractivity contribution in [3.05, 3.63) is 0 Å². The lowest BCUT2D eigenvalue weighted by Gasteiger charge is -2.29. The minimum absolute atomic E-state index is 0.528. The van der Waals surface area contributed by atoms with Gasteiger partial charge in [0.25, 0.3) is 0 Å². The molecular weight excluding hydrogens is 404 g/mol. The van der Waals surface area contributed by atoms with Gasteiger partial charge in [0.15, 0.2) is 0 Å². The number of amides is 2. The fourth-order valence-corrected chi connectivity index (χ4v) is 2.30. The van der Waals surface area contributed by atoms with Crippen molar-refractivity contribution in [2.75, 3.05) is 26.3 Å². The monoisotopic (exact) mass is 436 g/mol. The van der Waals surface area contributed by atoms with Gasteiger partial charge >= 0.3 is 11.9 Å². The standard InChI is InChI=1S/C18H32N2O10/c1-17(2,7-21)11(23)13(25)19-5-9(15(27)28)10(16(29)30)6-20-14(26)12(24)18(3,4)8-22/h9-12,21-24H,5-8H2,1-4H3,(H,19,25)(H,20,26)(H,27,28)(H,29,30)/t9?,10?,11-,12-/m0/s1. The van der Waals surface area contributed by atoms with E-state index in [-0.39, 0.29) is 0 Å². The number of hydrogen-bond acceptors (Lipinski definition) is 8. The van der Waals surface area contributed by atoms with Gasteiger partial charge in [0.05, 0.1) is 25.0 Å². The number of carbonyl (C=O) groups excluding carboxylic acids is 2. The molecule has 0 saturated carbocycles. The van der Waals surface area contributed by atoms with E-state index in [1.807, 2.05) is 0 Å². The van der Waals surface area contributed by atoms with Crippen LogP contribution in [0.5, 0.6) is 0 Å². The fraction of sp³-hybridized carbons (Fsp3) is 0.778. The van der Waals surface area contributed by atoms with E-state index >= 15 is 0 Å². The third-order valence-electron chi connectivity index (χ3n) is 4.90. The molecule has 0 rings (SSSR count). The van der Waals surface area contributed by atoms with E-state index in [0.717, 1.165) is 0 Å². The zero-order valence-electron chi connectivity index (χ0n) is 17.5. The van der Waals surface area contributed by atoms with Gasteiger partial charge in [0.2, 0.25) is 11.8 Å². The first-order valence-corrected chi connectivity index (χ1v) is 9.21. The quantitative estimate of drug-likeness (QED) is 0.150. The van der Waals surface area contributed by atoms with Gasteiger partial charge in [0, 0.05) is 23.9 Å². The Morgan fingerprint density at radius 1 is 0.700 bits per heavy atom. The molecule has 30 heavy (non-hydrogen) atoms. The summed E-state index contributed by atoms with van der Waals surface area (Å²) in [6.45, 7) is 3.23. The van der Waals surface area contributed by atoms with Crippen LogP contribution in [-0.4, -0.2) is 92.9 Å². The number of carboxylic acids is 2. The molecule has 0 bridgehead atoms. The summed E-state index contributed by atoms with van der Waals surface area (Å²) in [4.78, 5) is 47.2. The molecule has 0 heterocycles. The second-order valence-corrected chi connectivity index (χ2v) is 8.48. The molecule has 2 unspecified atom stereocenters. The highest BCUT2D eigenvalue weighted by atomic mass is 16.4. The highest BCUT2D eigenvalue weighted by Gasteiger charge is 2.38. The Morgan fingerprint density at radius 3 is 1.17 bits per heavy atom. The van der Waals surface area contributed by atoms with Gasteiger partial charge in [-0.05, 0) is 0 Å². The van der Waals surface area contributed by atoms with Crippen LogP contribution in [0.4, 0.5) is 0 Å². The van der Waals surface area contributed by atoms with Crippen molar-refractivity contribution in [2.24, 2.45) is 22.7 Å². The third-order valence-corrected chi connectivity index (χ3v) is 4.90. The first-order valence-electron chi connectivity index (χ1n) is 9.21. The summed E-state index contributed by atoms with van der Waals surface area (Å²) in [5.41, 5.74) is -2.42. The Morgan fingerprint density at radius 2 is 0.967 bits per heavy atom. The summed E-state index contributed by atoms with van der Waals surface area (Å²) >= 11 is 0. The molecule has 0 spiro atoms. The number of nitrogens with one attached hydrogen (secondary N) is 2. The molecule has 12 heteroatoms. The van der Waals surface area contributed by atoms with E-state index in [1.165, 1.54) is 27.7 Å². The third kappa shape index (κ3) is 7.52. The molecule has 0 aromatic carbocycles. The predicted molar refractivity (Wildman–Crippen MR) is 102 cm³/mol. The van der Waals surface area contributed by atoms with Crippen LogP contribution < -0.4 is 10.6 Å². The summed E-state index contributed by atoms with van der Waals surface area (Å²) in [5.74, 6) is -8.45. The molecule has 12 nitrogen and oxygen atoms in total. The number of carboxylic acid groups (broad SMARTS) is 2. The summed E-state index contributed by atoms with van der Waals surface area (Å²) in [6, 6.07) is 0. The number of carbonyl (C=O) groups is 4. The Bertz CT molecular complexity index is 580. The lowest BCUT2D eigenvalue weighted by atomic mass is 9.86. The number of aliphatic hydroxyl groups is 4. The van der Waals surface area contributed by atoms with Gasteiger partial charge in [-0.25, -0.2) is 0 Å². The van der Waals surface area contributed by atoms with Crippen LogP contribution in [-0.2, 0) is 19.2 Å². The fourth-order valence-electron chi connectivity index (χ4n) is 2.30. The van der Waals surface area contributed by atoms with Crippen LogP contribution in [0, 0.1) is 22.7 Å². The minimum atomic E-state index is -1.67. The van der Waals surface area contributed by atoms with Crippen LogP contribution in [0.1, 0.15) is 27.7 Å². The molecule has 0 aliphatic carbocycles. The second-order valence-electron chi connectivity index (χ2n) is 8.48. The topological polar surface area (TPSA) is 214 Å². The van der Waals surface area contributed by atoms with Crippen LogP contribution in [0.2, 0.25) is 0 Å². The van der Waals surface area contributed by atoms with Crippen LogP contribution >= 0.6 is 0 Å². The second kappa shape index (κ2) is 11.2. The molecule has 174 valence electrons. The van der Waals surface area contributed by atoms with Crippen molar-refractivity contribution in [1.82, 2.24) is 10.6 Å². The van der Waals surface area contributed by atoms with Gasteiger partial charge in [-0.1, -0.05) is 27.7 Å². The predicted octanol–water partition coefficient (Wildman–Crippen LogP) is -2.62. The molecule has 8 N–H and O–H groups in total. The van der Waals surface area contributed by atoms with Crippen molar-refractivity contribution in [3.8, 4) is 0 Å². The van der Waals surface area contributed by atoms with Gasteiger partial charge in [0.1, 0.15) is 12.2 Å². The van der Waals surface area contributed by atoms with Gasteiger partial charge < -0.3 is 41.3 Å². The molecule has 0 radical (unpaired) electrons. The molecule has 0 aromatic rings. The van der Waals surface area contributed by atoms with Crippen molar-refractivity contribution in [2.45, 2.75) is 39.9 Å². The highest BCUT2D eigenvalue weighted by Crippen LogP contribution is 2.21. The normalized spacial score (nSPS) is 16.1. The average Bonchev–Trinajstić information content (AvgIpc) is 2.67. The van der Waals surface area contributed by atoms with Crippen molar-refractivity contribution in [3.63, 3.8) is 0 Å². The van der Waals surface area contributed by atoms with Crippen molar-refractivity contribution < 1.29 is 49.8 Å². The molecule has 0 aliphatic heterocycles. The lowest BCUT2D eigenvalue weighted by Crippen LogP contribution is -2.51. The number of aliphatic hydroxyl groups excluding tert-OH is 4. The van der Waals surface area contributed by atoms with E-state index in [2.05, 4.69) is 10.6 Å². The van der Waals surface area contributed by atoms with Crippen molar-refractivity contribution in [1.29, 1.82) is 0 Å². The summed E-state index contributed by atoms with van der Waals surface area (Å²) in [6.07, 6.45) is -3.34. The van der Waals surface area contributed by atoms with Crippen LogP contribution in [0.25, 0.3) is 0 Å². The maximum Gasteiger partial charge on any atom is 0.309 e. The van der Waals surface area contributed by atoms with Gasteiger partial charge in [-0.2, -0.15) is 0 Å². The lowest BCUT2D eigenvalue weighted by molar-refractivity contribution is -0.154. The molecule has 0 fully saturated rings. The van der Waals surface area contributed by atoms with Crippen LogP contribution in [0.15, 0.2) is 0 Å². The summed E-state index contributed by atoms with van der Waals surface area (Å²) < 4.78 is 0. The van der Waals surface area contributed by atoms with E-state index in [1.54, 1.807) is 0 Å². The van der Waals surface area contributed by atoms with Gasteiger partial charge in [-0.15, -0.1) is 0 Å². The van der Waals surface area contributed by atoms with Gasteiger partial charge in [-0.3, -0.25) is 19.2 Å². The maximum atomic E-state index is 12.0. The Kier molecular flexibility index (Phi) is 10.4. The molecular formula is C18H32N2O10. The SMILES string of the molecule is CC(C)(CO)[C@@H](O)C(=O)NCC(C(=O)O)C(CNC(=O)[C@H](O)C(C)(C)CO)C(=O)O. The highest BCUT2D eigenvalue weighted by molar-refractivity contribution is 5.85. The Hall–Kier alpha value is -2.28. The maximum absolute atomic E-state index is 12.0. The molecule has 2 amide bonds. The number of hydrogen-bond donors (Lipinski definition) is 8. The first kappa shape index (κ1) is 27.7. The summed E-state index contributed by atoms with van der Waals surface area (Å²) in [5, 5.41) is 61.3. The zero-order chi connectivity index (χ0) is 23.9. The van der Waals surface area contributed by atoms with E-state index in [9.17, 15) is 49.8 Å². The largest absolute Gasteiger partial charge is 0.481 e.